The van der Waals surface area contributed by atoms with E-state index in [2.05, 4.69) is 15.6 Å². The zero-order chi connectivity index (χ0) is 16.2. The molecule has 8 nitrogen and oxygen atoms in total. The molecule has 0 saturated carbocycles. The summed E-state index contributed by atoms with van der Waals surface area (Å²) in [7, 11) is 0. The molecule has 0 radical (unpaired) electrons. The minimum atomic E-state index is -0.456. The number of rotatable bonds is 4. The summed E-state index contributed by atoms with van der Waals surface area (Å²) >= 11 is 0. The molecule has 1 aromatic heterocycles. The van der Waals surface area contributed by atoms with Gasteiger partial charge in [-0.05, 0) is 18.2 Å². The number of nitrogens with one attached hydrogen (secondary N) is 3. The van der Waals surface area contributed by atoms with E-state index in [1.807, 2.05) is 0 Å². The summed E-state index contributed by atoms with van der Waals surface area (Å²) < 4.78 is 10.4. The van der Waals surface area contributed by atoms with E-state index in [1.54, 1.807) is 18.2 Å². The first-order valence-corrected chi connectivity index (χ1v) is 6.78. The Bertz CT molecular complexity index is 795. The van der Waals surface area contributed by atoms with E-state index in [1.165, 1.54) is 18.3 Å². The Morgan fingerprint density at radius 1 is 1.13 bits per heavy atom. The second kappa shape index (κ2) is 6.22. The van der Waals surface area contributed by atoms with Crippen LogP contribution in [0.1, 0.15) is 10.4 Å². The molecule has 3 rings (SSSR count). The zero-order valence-electron chi connectivity index (χ0n) is 11.9. The van der Waals surface area contributed by atoms with E-state index in [9.17, 15) is 14.4 Å². The van der Waals surface area contributed by atoms with Gasteiger partial charge in [-0.15, -0.1) is 0 Å². The molecular weight excluding hydrogens is 302 g/mol. The maximum atomic E-state index is 11.8. The van der Waals surface area contributed by atoms with Crippen LogP contribution in [0.2, 0.25) is 0 Å². The van der Waals surface area contributed by atoms with Crippen molar-refractivity contribution < 1.29 is 19.1 Å². The first kappa shape index (κ1) is 14.6. The van der Waals surface area contributed by atoms with Gasteiger partial charge in [0.25, 0.3) is 5.91 Å². The topological polar surface area (TPSA) is 110 Å². The number of H-pyrrole nitrogens is 1. The van der Waals surface area contributed by atoms with E-state index >= 15 is 0 Å². The number of benzene rings is 1. The van der Waals surface area contributed by atoms with Gasteiger partial charge in [-0.3, -0.25) is 14.4 Å². The van der Waals surface area contributed by atoms with Gasteiger partial charge < -0.3 is 25.1 Å². The number of anilines is 1. The van der Waals surface area contributed by atoms with E-state index in [-0.39, 0.29) is 30.4 Å². The Morgan fingerprint density at radius 3 is 2.74 bits per heavy atom. The third-order valence-corrected chi connectivity index (χ3v) is 3.11. The number of carbonyl (C=O) groups is 2. The fourth-order valence-corrected chi connectivity index (χ4v) is 1.99. The molecule has 0 spiro atoms. The predicted octanol–water partition coefficient (Wildman–Crippen LogP) is 0.472. The van der Waals surface area contributed by atoms with E-state index in [0.717, 1.165) is 0 Å². The van der Waals surface area contributed by atoms with Gasteiger partial charge >= 0.3 is 0 Å². The van der Waals surface area contributed by atoms with E-state index in [0.29, 0.717) is 17.2 Å². The maximum absolute atomic E-state index is 11.8. The Balaban J connectivity index is 1.54. The third kappa shape index (κ3) is 3.49. The van der Waals surface area contributed by atoms with Gasteiger partial charge in [0.2, 0.25) is 18.3 Å². The second-order valence-corrected chi connectivity index (χ2v) is 4.74. The Morgan fingerprint density at radius 2 is 1.96 bits per heavy atom. The van der Waals surface area contributed by atoms with Crippen molar-refractivity contribution in [3.63, 3.8) is 0 Å². The van der Waals surface area contributed by atoms with Crippen LogP contribution in [0.15, 0.2) is 41.3 Å². The van der Waals surface area contributed by atoms with Gasteiger partial charge in [0.15, 0.2) is 11.5 Å². The van der Waals surface area contributed by atoms with Crippen molar-refractivity contribution in [3.05, 3.63) is 52.4 Å². The number of aromatic nitrogens is 1. The van der Waals surface area contributed by atoms with Crippen LogP contribution in [0.3, 0.4) is 0 Å². The van der Waals surface area contributed by atoms with Crippen LogP contribution >= 0.6 is 0 Å². The average molecular weight is 315 g/mol. The molecule has 118 valence electrons. The standard InChI is InChI=1S/C15H13N3O5/c19-13-4-1-9(6-16-13)15(21)17-7-14(20)18-10-2-3-11-12(5-10)23-8-22-11/h1-6H,7-8H2,(H,16,19)(H,17,21)(H,18,20). The molecular formula is C15H13N3O5. The predicted molar refractivity (Wildman–Crippen MR) is 80.6 cm³/mol. The zero-order valence-corrected chi connectivity index (χ0v) is 11.9. The highest BCUT2D eigenvalue weighted by molar-refractivity contribution is 5.99. The molecule has 0 fully saturated rings. The molecule has 2 aromatic rings. The van der Waals surface area contributed by atoms with E-state index < -0.39 is 5.91 Å². The van der Waals surface area contributed by atoms with Crippen LogP contribution in [-0.2, 0) is 4.79 Å². The van der Waals surface area contributed by atoms with Crippen LogP contribution in [0.25, 0.3) is 0 Å². The van der Waals surface area contributed by atoms with Gasteiger partial charge in [0.1, 0.15) is 0 Å². The monoisotopic (exact) mass is 315 g/mol. The number of carbonyl (C=O) groups excluding carboxylic acids is 2. The van der Waals surface area contributed by atoms with Crippen LogP contribution in [0.4, 0.5) is 5.69 Å². The molecule has 0 bridgehead atoms. The van der Waals surface area contributed by atoms with Crippen LogP contribution in [-0.4, -0.2) is 30.1 Å². The molecule has 0 aliphatic carbocycles. The Labute approximate surface area is 130 Å². The van der Waals surface area contributed by atoms with Crippen molar-refractivity contribution in [2.45, 2.75) is 0 Å². The van der Waals surface area contributed by atoms with Crippen molar-refractivity contribution in [2.24, 2.45) is 0 Å². The maximum Gasteiger partial charge on any atom is 0.253 e. The molecule has 1 aliphatic rings. The van der Waals surface area contributed by atoms with Crippen LogP contribution in [0, 0.1) is 0 Å². The largest absolute Gasteiger partial charge is 0.454 e. The minimum Gasteiger partial charge on any atom is -0.454 e. The Hall–Kier alpha value is -3.29. The van der Waals surface area contributed by atoms with Gasteiger partial charge in [0, 0.05) is 24.0 Å². The number of hydrogen-bond acceptors (Lipinski definition) is 5. The SMILES string of the molecule is O=C(CNC(=O)c1ccc(=O)[nH]c1)Nc1ccc2c(c1)OCO2. The first-order chi connectivity index (χ1) is 11.1. The molecule has 2 amide bonds. The number of pyridine rings is 1. The van der Waals surface area contributed by atoms with Gasteiger partial charge in [-0.1, -0.05) is 0 Å². The summed E-state index contributed by atoms with van der Waals surface area (Å²) in [5, 5.41) is 5.10. The summed E-state index contributed by atoms with van der Waals surface area (Å²) in [5.41, 5.74) is 0.500. The molecule has 3 N–H and O–H groups in total. The highest BCUT2D eigenvalue weighted by Gasteiger charge is 2.14. The lowest BCUT2D eigenvalue weighted by Crippen LogP contribution is -2.33. The smallest absolute Gasteiger partial charge is 0.253 e. The fraction of sp³-hybridized carbons (Fsp3) is 0.133. The molecule has 0 saturated heterocycles. The first-order valence-electron chi connectivity index (χ1n) is 6.78. The lowest BCUT2D eigenvalue weighted by molar-refractivity contribution is -0.115. The number of ether oxygens (including phenoxy) is 2. The Kier molecular flexibility index (Phi) is 3.96. The molecule has 2 heterocycles. The highest BCUT2D eigenvalue weighted by atomic mass is 16.7. The normalized spacial score (nSPS) is 11.8. The number of amides is 2. The van der Waals surface area contributed by atoms with Crippen molar-refractivity contribution in [1.82, 2.24) is 10.3 Å². The number of hydrogen-bond donors (Lipinski definition) is 3. The van der Waals surface area contributed by atoms with Crippen molar-refractivity contribution in [3.8, 4) is 11.5 Å². The summed E-state index contributed by atoms with van der Waals surface area (Å²) in [4.78, 5) is 37.0. The third-order valence-electron chi connectivity index (χ3n) is 3.11. The lowest BCUT2D eigenvalue weighted by atomic mass is 10.2. The van der Waals surface area contributed by atoms with Gasteiger partial charge in [0.05, 0.1) is 12.1 Å². The second-order valence-electron chi connectivity index (χ2n) is 4.74. The van der Waals surface area contributed by atoms with E-state index in [4.69, 9.17) is 9.47 Å². The lowest BCUT2D eigenvalue weighted by Gasteiger charge is -2.07. The summed E-state index contributed by atoms with van der Waals surface area (Å²) in [6.07, 6.45) is 1.29. The quantitative estimate of drug-likeness (QED) is 0.760. The molecule has 1 aliphatic heterocycles. The van der Waals surface area contributed by atoms with Crippen molar-refractivity contribution >= 4 is 17.5 Å². The van der Waals surface area contributed by atoms with Crippen molar-refractivity contribution in [1.29, 1.82) is 0 Å². The average Bonchev–Trinajstić information content (AvgIpc) is 3.01. The summed E-state index contributed by atoms with van der Waals surface area (Å²) in [6.45, 7) is -0.0473. The minimum absolute atomic E-state index is 0.155. The molecule has 1 aromatic carbocycles. The summed E-state index contributed by atoms with van der Waals surface area (Å²) in [6, 6.07) is 7.63. The number of aromatic amines is 1. The summed E-state index contributed by atoms with van der Waals surface area (Å²) in [5.74, 6) is 0.332. The van der Waals surface area contributed by atoms with Crippen LogP contribution in [0.5, 0.6) is 11.5 Å². The van der Waals surface area contributed by atoms with Crippen LogP contribution < -0.4 is 25.7 Å². The molecule has 0 atom stereocenters. The molecule has 8 heteroatoms. The fourth-order valence-electron chi connectivity index (χ4n) is 1.99. The number of fused-ring (bicyclic) bond motifs is 1. The van der Waals surface area contributed by atoms with Crippen molar-refractivity contribution in [2.75, 3.05) is 18.7 Å². The molecule has 0 unspecified atom stereocenters. The highest BCUT2D eigenvalue weighted by Crippen LogP contribution is 2.34. The molecule has 23 heavy (non-hydrogen) atoms. The van der Waals surface area contributed by atoms with Gasteiger partial charge in [-0.2, -0.15) is 0 Å². The van der Waals surface area contributed by atoms with Gasteiger partial charge in [-0.25, -0.2) is 0 Å².